The minimum Gasteiger partial charge on any atom is -0.258 e. The lowest BCUT2D eigenvalue weighted by Crippen LogP contribution is -1.93. The van der Waals surface area contributed by atoms with Gasteiger partial charge in [-0.1, -0.05) is 29.5 Å². The summed E-state index contributed by atoms with van der Waals surface area (Å²) >= 11 is 4.64. The van der Waals surface area contributed by atoms with Gasteiger partial charge in [-0.25, -0.2) is 4.98 Å². The highest BCUT2D eigenvalue weighted by Crippen LogP contribution is 2.26. The predicted octanol–water partition coefficient (Wildman–Crippen LogP) is 4.41. The lowest BCUT2D eigenvalue weighted by atomic mass is 10.2. The molecule has 22 heavy (non-hydrogen) atoms. The Bertz CT molecular complexity index is 845. The van der Waals surface area contributed by atoms with E-state index in [9.17, 15) is 10.1 Å². The summed E-state index contributed by atoms with van der Waals surface area (Å²) in [6, 6.07) is 12.6. The third kappa shape index (κ3) is 3.12. The molecule has 8 heteroatoms. The van der Waals surface area contributed by atoms with E-state index in [1.165, 1.54) is 23.6 Å². The van der Waals surface area contributed by atoms with E-state index in [1.54, 1.807) is 12.1 Å². The van der Waals surface area contributed by atoms with E-state index in [0.717, 1.165) is 10.2 Å². The summed E-state index contributed by atoms with van der Waals surface area (Å²) in [6.07, 6.45) is 1.52. The second-order valence-electron chi connectivity index (χ2n) is 4.32. The number of fused-ring (bicyclic) bond motifs is 1. The minimum atomic E-state index is -0.442. The molecule has 3 aromatic rings. The first-order valence-corrected chi connectivity index (χ1v) is 7.83. The van der Waals surface area contributed by atoms with Crippen molar-refractivity contribution in [2.75, 3.05) is 5.43 Å². The number of nitrogens with one attached hydrogen (secondary N) is 1. The number of hydrogen-bond donors (Lipinski definition) is 1. The number of hydrazone groups is 1. The van der Waals surface area contributed by atoms with Crippen LogP contribution in [0.15, 0.2) is 52.0 Å². The van der Waals surface area contributed by atoms with E-state index in [4.69, 9.17) is 0 Å². The molecular formula is C14H9BrN4O2S. The Labute approximate surface area is 137 Å². The van der Waals surface area contributed by atoms with Crippen molar-refractivity contribution < 1.29 is 4.92 Å². The summed E-state index contributed by atoms with van der Waals surface area (Å²) < 4.78 is 1.51. The van der Waals surface area contributed by atoms with Gasteiger partial charge in [0.2, 0.25) is 5.13 Å². The fourth-order valence-electron chi connectivity index (χ4n) is 1.83. The Hall–Kier alpha value is -2.32. The maximum atomic E-state index is 10.9. The standard InChI is InChI=1S/C14H9BrN4O2S/c15-10-6-5-9(7-12(10)19(20)21)8-16-18-14-17-11-3-1-2-4-13(11)22-14/h1-8H,(H,17,18). The molecular weight excluding hydrogens is 368 g/mol. The second-order valence-corrected chi connectivity index (χ2v) is 6.21. The third-order valence-electron chi connectivity index (χ3n) is 2.83. The number of rotatable bonds is 4. The number of anilines is 1. The summed E-state index contributed by atoms with van der Waals surface area (Å²) in [5.41, 5.74) is 4.38. The largest absolute Gasteiger partial charge is 0.284 e. The second kappa shape index (κ2) is 6.20. The molecule has 1 heterocycles. The smallest absolute Gasteiger partial charge is 0.258 e. The molecule has 0 amide bonds. The Morgan fingerprint density at radius 1 is 1.32 bits per heavy atom. The highest BCUT2D eigenvalue weighted by atomic mass is 79.9. The normalized spacial score (nSPS) is 11.1. The molecule has 1 N–H and O–H groups in total. The number of thiazole rings is 1. The van der Waals surface area contributed by atoms with Gasteiger partial charge in [0.1, 0.15) is 0 Å². The average Bonchev–Trinajstić information content (AvgIpc) is 2.91. The SMILES string of the molecule is O=[N+]([O-])c1cc(C=NNc2nc3ccccc3s2)ccc1Br. The van der Waals surface area contributed by atoms with Crippen LogP contribution in [0.4, 0.5) is 10.8 Å². The molecule has 6 nitrogen and oxygen atoms in total. The first kappa shape index (κ1) is 14.6. The Kier molecular flexibility index (Phi) is 4.12. The molecule has 110 valence electrons. The van der Waals surface area contributed by atoms with Crippen LogP contribution in [0.25, 0.3) is 10.2 Å². The zero-order valence-electron chi connectivity index (χ0n) is 11.1. The van der Waals surface area contributed by atoms with Crippen molar-refractivity contribution >= 4 is 54.5 Å². The van der Waals surface area contributed by atoms with Gasteiger partial charge < -0.3 is 0 Å². The minimum absolute atomic E-state index is 0.00365. The summed E-state index contributed by atoms with van der Waals surface area (Å²) in [7, 11) is 0. The molecule has 0 bridgehead atoms. The maximum Gasteiger partial charge on any atom is 0.284 e. The van der Waals surface area contributed by atoms with Crippen molar-refractivity contribution in [2.45, 2.75) is 0 Å². The molecule has 0 aliphatic heterocycles. The number of nitrogens with zero attached hydrogens (tertiary/aromatic N) is 3. The topological polar surface area (TPSA) is 80.4 Å². The first-order valence-electron chi connectivity index (χ1n) is 6.22. The monoisotopic (exact) mass is 376 g/mol. The van der Waals surface area contributed by atoms with Crippen molar-refractivity contribution in [1.29, 1.82) is 0 Å². The average molecular weight is 377 g/mol. The lowest BCUT2D eigenvalue weighted by molar-refractivity contribution is -0.385. The van der Waals surface area contributed by atoms with E-state index in [0.29, 0.717) is 15.2 Å². The van der Waals surface area contributed by atoms with Crippen LogP contribution in [-0.4, -0.2) is 16.1 Å². The summed E-state index contributed by atoms with van der Waals surface area (Å²) in [4.78, 5) is 14.8. The predicted molar refractivity (Wildman–Crippen MR) is 91.6 cm³/mol. The number of halogens is 1. The van der Waals surface area contributed by atoms with Gasteiger partial charge in [0.25, 0.3) is 5.69 Å². The van der Waals surface area contributed by atoms with Gasteiger partial charge in [-0.3, -0.25) is 15.5 Å². The molecule has 0 aliphatic rings. The summed E-state index contributed by atoms with van der Waals surface area (Å²) in [5, 5.41) is 15.6. The number of hydrogen-bond acceptors (Lipinski definition) is 6. The van der Waals surface area contributed by atoms with Crippen molar-refractivity contribution in [2.24, 2.45) is 5.10 Å². The zero-order chi connectivity index (χ0) is 15.5. The molecule has 0 fully saturated rings. The summed E-state index contributed by atoms with van der Waals surface area (Å²) in [5.74, 6) is 0. The van der Waals surface area contributed by atoms with E-state index < -0.39 is 4.92 Å². The molecule has 2 aromatic carbocycles. The molecule has 0 spiro atoms. The van der Waals surface area contributed by atoms with Crippen LogP contribution in [0.5, 0.6) is 0 Å². The molecule has 0 aliphatic carbocycles. The third-order valence-corrected chi connectivity index (χ3v) is 4.45. The quantitative estimate of drug-likeness (QED) is 0.415. The Morgan fingerprint density at radius 3 is 2.91 bits per heavy atom. The van der Waals surface area contributed by atoms with Crippen LogP contribution in [0.3, 0.4) is 0 Å². The van der Waals surface area contributed by atoms with Crippen molar-refractivity contribution in [3.8, 4) is 0 Å². The highest BCUT2D eigenvalue weighted by Gasteiger charge is 2.11. The van der Waals surface area contributed by atoms with Crippen LogP contribution in [-0.2, 0) is 0 Å². The molecule has 0 unspecified atom stereocenters. The zero-order valence-corrected chi connectivity index (χ0v) is 13.5. The maximum absolute atomic E-state index is 10.9. The van der Waals surface area contributed by atoms with Crippen molar-refractivity contribution in [1.82, 2.24) is 4.98 Å². The van der Waals surface area contributed by atoms with Gasteiger partial charge in [0.15, 0.2) is 0 Å². The molecule has 0 radical (unpaired) electrons. The van der Waals surface area contributed by atoms with Gasteiger partial charge in [-0.05, 0) is 34.1 Å². The van der Waals surface area contributed by atoms with Gasteiger partial charge in [0, 0.05) is 11.6 Å². The van der Waals surface area contributed by atoms with Crippen molar-refractivity contribution in [3.05, 3.63) is 62.6 Å². The van der Waals surface area contributed by atoms with E-state index in [-0.39, 0.29) is 5.69 Å². The highest BCUT2D eigenvalue weighted by molar-refractivity contribution is 9.10. The van der Waals surface area contributed by atoms with Gasteiger partial charge in [0.05, 0.1) is 25.8 Å². The fraction of sp³-hybridized carbons (Fsp3) is 0. The van der Waals surface area contributed by atoms with E-state index in [2.05, 4.69) is 31.4 Å². The van der Waals surface area contributed by atoms with Crippen LogP contribution in [0, 0.1) is 10.1 Å². The number of para-hydroxylation sites is 1. The molecule has 0 atom stereocenters. The van der Waals surface area contributed by atoms with Crippen LogP contribution in [0.2, 0.25) is 0 Å². The van der Waals surface area contributed by atoms with Gasteiger partial charge in [-0.15, -0.1) is 0 Å². The molecule has 0 saturated heterocycles. The van der Waals surface area contributed by atoms with Gasteiger partial charge in [-0.2, -0.15) is 5.10 Å². The van der Waals surface area contributed by atoms with E-state index >= 15 is 0 Å². The first-order chi connectivity index (χ1) is 10.6. The number of benzene rings is 2. The number of nitro groups is 1. The summed E-state index contributed by atoms with van der Waals surface area (Å²) in [6.45, 7) is 0. The number of nitro benzene ring substituents is 1. The van der Waals surface area contributed by atoms with Crippen LogP contribution >= 0.6 is 27.3 Å². The molecule has 0 saturated carbocycles. The van der Waals surface area contributed by atoms with Crippen LogP contribution < -0.4 is 5.43 Å². The van der Waals surface area contributed by atoms with Gasteiger partial charge >= 0.3 is 0 Å². The van der Waals surface area contributed by atoms with Crippen molar-refractivity contribution in [3.63, 3.8) is 0 Å². The Morgan fingerprint density at radius 2 is 2.14 bits per heavy atom. The van der Waals surface area contributed by atoms with E-state index in [1.807, 2.05) is 24.3 Å². The van der Waals surface area contributed by atoms with Crippen LogP contribution in [0.1, 0.15) is 5.56 Å². The molecule has 3 rings (SSSR count). The lowest BCUT2D eigenvalue weighted by Gasteiger charge is -1.97. The Balaban J connectivity index is 1.77. The molecule has 1 aromatic heterocycles. The number of aromatic nitrogens is 1. The fourth-order valence-corrected chi connectivity index (χ4v) is 3.04.